The molecule has 1 N–H and O–H groups in total. The Balaban J connectivity index is 1.90. The Bertz CT molecular complexity index is 609. The van der Waals surface area contributed by atoms with Gasteiger partial charge in [0.15, 0.2) is 0 Å². The van der Waals surface area contributed by atoms with Gasteiger partial charge in [0.1, 0.15) is 23.6 Å². The molecule has 0 saturated heterocycles. The number of rotatable bonds is 6. The van der Waals surface area contributed by atoms with Crippen LogP contribution in [-0.2, 0) is 6.42 Å². The van der Waals surface area contributed by atoms with E-state index in [0.717, 1.165) is 5.82 Å². The van der Waals surface area contributed by atoms with Crippen LogP contribution in [0.2, 0.25) is 0 Å². The lowest BCUT2D eigenvalue weighted by molar-refractivity contribution is 0.0948. The number of ether oxygens (including phenoxy) is 1. The molecule has 1 amide bonds. The second kappa shape index (κ2) is 6.83. The van der Waals surface area contributed by atoms with E-state index in [4.69, 9.17) is 4.74 Å². The zero-order valence-corrected chi connectivity index (χ0v) is 12.4. The lowest BCUT2D eigenvalue weighted by Gasteiger charge is -2.10. The van der Waals surface area contributed by atoms with Crippen molar-refractivity contribution in [3.63, 3.8) is 0 Å². The largest absolute Gasteiger partial charge is 0.497 e. The number of amides is 1. The first-order valence-electron chi connectivity index (χ1n) is 6.78. The number of carbonyl (C=O) groups is 1. The number of nitrogens with zero attached hydrogens (tertiary/aromatic N) is 4. The van der Waals surface area contributed by atoms with Gasteiger partial charge in [-0.3, -0.25) is 9.78 Å². The van der Waals surface area contributed by atoms with Crippen LogP contribution in [-0.4, -0.2) is 39.3 Å². The third kappa shape index (κ3) is 3.77. The van der Waals surface area contributed by atoms with Crippen LogP contribution in [0.3, 0.4) is 0 Å². The quantitative estimate of drug-likeness (QED) is 0.865. The summed E-state index contributed by atoms with van der Waals surface area (Å²) in [5.74, 6) is 1.23. The average molecular weight is 289 g/mol. The van der Waals surface area contributed by atoms with Crippen LogP contribution < -0.4 is 10.1 Å². The van der Waals surface area contributed by atoms with Crippen molar-refractivity contribution in [2.45, 2.75) is 26.3 Å². The number of carbonyl (C=O) groups excluding carboxylic acids is 1. The molecule has 0 saturated carbocycles. The summed E-state index contributed by atoms with van der Waals surface area (Å²) < 4.78 is 7.05. The molecule has 112 valence electrons. The zero-order chi connectivity index (χ0) is 15.2. The van der Waals surface area contributed by atoms with Crippen molar-refractivity contribution < 1.29 is 9.53 Å². The average Bonchev–Trinajstić information content (AvgIpc) is 2.96. The maximum Gasteiger partial charge on any atom is 0.270 e. The van der Waals surface area contributed by atoms with Gasteiger partial charge in [0.05, 0.1) is 7.11 Å². The van der Waals surface area contributed by atoms with E-state index < -0.39 is 0 Å². The second-order valence-electron chi connectivity index (χ2n) is 4.83. The van der Waals surface area contributed by atoms with Gasteiger partial charge in [0, 0.05) is 31.3 Å². The monoisotopic (exact) mass is 289 g/mol. The number of hydrogen-bond acceptors (Lipinski definition) is 5. The molecule has 0 spiro atoms. The Labute approximate surface area is 123 Å². The van der Waals surface area contributed by atoms with Gasteiger partial charge in [0.25, 0.3) is 5.91 Å². The van der Waals surface area contributed by atoms with Gasteiger partial charge in [-0.1, -0.05) is 0 Å². The van der Waals surface area contributed by atoms with Crippen molar-refractivity contribution in [1.82, 2.24) is 25.1 Å². The molecule has 0 aromatic carbocycles. The molecular formula is C14H19N5O2. The van der Waals surface area contributed by atoms with E-state index in [1.807, 2.05) is 4.57 Å². The third-order valence-electron chi connectivity index (χ3n) is 3.04. The summed E-state index contributed by atoms with van der Waals surface area (Å²) in [6, 6.07) is 3.60. The zero-order valence-electron chi connectivity index (χ0n) is 12.4. The van der Waals surface area contributed by atoms with Crippen molar-refractivity contribution in [3.05, 3.63) is 36.2 Å². The Kier molecular flexibility index (Phi) is 4.86. The summed E-state index contributed by atoms with van der Waals surface area (Å²) in [5, 5.41) is 10.8. The van der Waals surface area contributed by atoms with Gasteiger partial charge < -0.3 is 14.6 Å². The van der Waals surface area contributed by atoms with Gasteiger partial charge in [-0.2, -0.15) is 0 Å². The Hall–Kier alpha value is -2.44. The van der Waals surface area contributed by atoms with Gasteiger partial charge in [-0.15, -0.1) is 10.2 Å². The summed E-state index contributed by atoms with van der Waals surface area (Å²) in [6.45, 7) is 4.60. The Morgan fingerprint density at radius 2 is 2.29 bits per heavy atom. The molecule has 2 rings (SSSR count). The number of pyridine rings is 1. The van der Waals surface area contributed by atoms with Gasteiger partial charge >= 0.3 is 0 Å². The summed E-state index contributed by atoms with van der Waals surface area (Å²) in [6.07, 6.45) is 3.86. The van der Waals surface area contributed by atoms with E-state index in [1.165, 1.54) is 0 Å². The lowest BCUT2D eigenvalue weighted by atomic mass is 10.3. The SMILES string of the molecule is COc1ccnc(C(=O)NCCc2nncn2C(C)C)c1. The van der Waals surface area contributed by atoms with Crippen molar-refractivity contribution >= 4 is 5.91 Å². The van der Waals surface area contributed by atoms with Crippen molar-refractivity contribution in [2.24, 2.45) is 0 Å². The molecule has 21 heavy (non-hydrogen) atoms. The highest BCUT2D eigenvalue weighted by Crippen LogP contribution is 2.10. The molecule has 7 heteroatoms. The Morgan fingerprint density at radius 3 is 3.00 bits per heavy atom. The van der Waals surface area contributed by atoms with Crippen LogP contribution in [0.15, 0.2) is 24.7 Å². The fourth-order valence-electron chi connectivity index (χ4n) is 1.92. The van der Waals surface area contributed by atoms with Crippen LogP contribution in [0, 0.1) is 0 Å². The van der Waals surface area contributed by atoms with Crippen LogP contribution in [0.4, 0.5) is 0 Å². The molecule has 0 aliphatic carbocycles. The minimum absolute atomic E-state index is 0.232. The van der Waals surface area contributed by atoms with Crippen LogP contribution >= 0.6 is 0 Å². The number of aromatic nitrogens is 4. The number of hydrogen-bond donors (Lipinski definition) is 1. The highest BCUT2D eigenvalue weighted by Gasteiger charge is 2.10. The smallest absolute Gasteiger partial charge is 0.270 e. The van der Waals surface area contributed by atoms with E-state index in [0.29, 0.717) is 30.5 Å². The van der Waals surface area contributed by atoms with E-state index in [-0.39, 0.29) is 5.91 Å². The fourth-order valence-corrected chi connectivity index (χ4v) is 1.92. The van der Waals surface area contributed by atoms with Gasteiger partial charge in [-0.25, -0.2) is 0 Å². The second-order valence-corrected chi connectivity index (χ2v) is 4.83. The highest BCUT2D eigenvalue weighted by atomic mass is 16.5. The van der Waals surface area contributed by atoms with Crippen LogP contribution in [0.5, 0.6) is 5.75 Å². The highest BCUT2D eigenvalue weighted by molar-refractivity contribution is 5.92. The van der Waals surface area contributed by atoms with E-state index >= 15 is 0 Å². The maximum absolute atomic E-state index is 12.0. The maximum atomic E-state index is 12.0. The summed E-state index contributed by atoms with van der Waals surface area (Å²) >= 11 is 0. The molecule has 0 bridgehead atoms. The number of nitrogens with one attached hydrogen (secondary N) is 1. The molecule has 2 aromatic rings. The molecule has 0 atom stereocenters. The first kappa shape index (κ1) is 15.0. The molecule has 0 aliphatic heterocycles. The van der Waals surface area contributed by atoms with E-state index in [2.05, 4.69) is 34.3 Å². The topological polar surface area (TPSA) is 81.9 Å². The molecule has 7 nitrogen and oxygen atoms in total. The predicted molar refractivity (Wildman–Crippen MR) is 77.2 cm³/mol. The van der Waals surface area contributed by atoms with Gasteiger partial charge in [-0.05, 0) is 19.9 Å². The first-order valence-corrected chi connectivity index (χ1v) is 6.78. The van der Waals surface area contributed by atoms with E-state index in [9.17, 15) is 4.79 Å². The summed E-state index contributed by atoms with van der Waals surface area (Å²) in [5.41, 5.74) is 0.333. The summed E-state index contributed by atoms with van der Waals surface area (Å²) in [4.78, 5) is 16.0. The predicted octanol–water partition coefficient (Wildman–Crippen LogP) is 1.24. The van der Waals surface area contributed by atoms with Crippen molar-refractivity contribution in [2.75, 3.05) is 13.7 Å². The standard InChI is InChI=1S/C14H19N5O2/c1-10(2)19-9-17-18-13(19)5-7-16-14(20)12-8-11(21-3)4-6-15-12/h4,6,8-10H,5,7H2,1-3H3,(H,16,20). The first-order chi connectivity index (χ1) is 10.1. The molecule has 2 heterocycles. The molecule has 2 aromatic heterocycles. The minimum Gasteiger partial charge on any atom is -0.497 e. The molecule has 0 aliphatic rings. The third-order valence-corrected chi connectivity index (χ3v) is 3.04. The van der Waals surface area contributed by atoms with Crippen LogP contribution in [0.25, 0.3) is 0 Å². The van der Waals surface area contributed by atoms with Crippen molar-refractivity contribution in [3.8, 4) is 5.75 Å². The minimum atomic E-state index is -0.232. The van der Waals surface area contributed by atoms with Crippen molar-refractivity contribution in [1.29, 1.82) is 0 Å². The Morgan fingerprint density at radius 1 is 1.48 bits per heavy atom. The molecule has 0 fully saturated rings. The molecule has 0 unspecified atom stereocenters. The fraction of sp³-hybridized carbons (Fsp3) is 0.429. The lowest BCUT2D eigenvalue weighted by Crippen LogP contribution is -2.27. The van der Waals surface area contributed by atoms with Crippen LogP contribution in [0.1, 0.15) is 36.2 Å². The normalized spacial score (nSPS) is 10.7. The summed E-state index contributed by atoms with van der Waals surface area (Å²) in [7, 11) is 1.55. The molecular weight excluding hydrogens is 270 g/mol. The molecule has 0 radical (unpaired) electrons. The van der Waals surface area contributed by atoms with Gasteiger partial charge in [0.2, 0.25) is 0 Å². The van der Waals surface area contributed by atoms with E-state index in [1.54, 1.807) is 31.8 Å². The number of methoxy groups -OCH3 is 1.